The van der Waals surface area contributed by atoms with Crippen molar-refractivity contribution in [2.24, 2.45) is 5.73 Å². The zero-order valence-corrected chi connectivity index (χ0v) is 34.0. The average molecular weight is 776 g/mol. The molecule has 1 rings (SSSR count). The van der Waals surface area contributed by atoms with E-state index in [2.05, 4.69) is 92.8 Å². The molecule has 0 amide bonds. The quantitative estimate of drug-likeness (QED) is 0.0210. The largest absolute Gasteiger partial charge is 0.472 e. The van der Waals surface area contributed by atoms with Crippen LogP contribution in [0.1, 0.15) is 129 Å². The van der Waals surface area contributed by atoms with Gasteiger partial charge in [0.25, 0.3) is 0 Å². The Bertz CT molecular complexity index is 1220. The Kier molecular flexibility index (Phi) is 31.5. The van der Waals surface area contributed by atoms with Crippen molar-refractivity contribution in [1.29, 1.82) is 0 Å². The van der Waals surface area contributed by atoms with Crippen molar-refractivity contribution in [2.75, 3.05) is 26.4 Å². The van der Waals surface area contributed by atoms with Crippen molar-refractivity contribution < 1.29 is 42.3 Å². The minimum Gasteiger partial charge on any atom is -0.462 e. The fourth-order valence-electron chi connectivity index (χ4n) is 5.12. The summed E-state index contributed by atoms with van der Waals surface area (Å²) in [5, 5.41) is 0. The predicted octanol–water partition coefficient (Wildman–Crippen LogP) is 10.3. The van der Waals surface area contributed by atoms with Gasteiger partial charge in [-0.15, -0.1) is 0 Å². The molecule has 3 N–H and O–H groups in total. The first-order valence-corrected chi connectivity index (χ1v) is 21.7. The zero-order valence-electron chi connectivity index (χ0n) is 33.1. The number of unbranched alkanes of at least 4 members (excludes halogenated alkanes) is 5. The molecule has 10 nitrogen and oxygen atoms in total. The lowest BCUT2D eigenvalue weighted by Crippen LogP contribution is -2.29. The van der Waals surface area contributed by atoms with Crippen LogP contribution in [0, 0.1) is 0 Å². The van der Waals surface area contributed by atoms with Crippen LogP contribution in [0.25, 0.3) is 0 Å². The highest BCUT2D eigenvalue weighted by molar-refractivity contribution is 7.47. The maximum absolute atomic E-state index is 12.5. The fourth-order valence-corrected chi connectivity index (χ4v) is 5.89. The van der Waals surface area contributed by atoms with Crippen LogP contribution in [-0.2, 0) is 37.4 Å². The van der Waals surface area contributed by atoms with Gasteiger partial charge in [-0.3, -0.25) is 18.6 Å². The average Bonchev–Trinajstić information content (AvgIpc) is 3.91. The number of rotatable bonds is 35. The van der Waals surface area contributed by atoms with Gasteiger partial charge in [-0.2, -0.15) is 0 Å². The van der Waals surface area contributed by atoms with Gasteiger partial charge in [0, 0.05) is 19.4 Å². The molecule has 11 heteroatoms. The smallest absolute Gasteiger partial charge is 0.462 e. The molecule has 4 atom stereocenters. The second-order valence-electron chi connectivity index (χ2n) is 13.2. The summed E-state index contributed by atoms with van der Waals surface area (Å²) in [6, 6.07) is 0. The molecule has 1 heterocycles. The molecular weight excluding hydrogens is 705 g/mol. The van der Waals surface area contributed by atoms with Gasteiger partial charge in [0.2, 0.25) is 0 Å². The highest BCUT2D eigenvalue weighted by atomic mass is 31.2. The van der Waals surface area contributed by atoms with Crippen molar-refractivity contribution in [1.82, 2.24) is 0 Å². The summed E-state index contributed by atoms with van der Waals surface area (Å²) in [4.78, 5) is 34.8. The number of phosphoric acid groups is 1. The summed E-state index contributed by atoms with van der Waals surface area (Å²) in [7, 11) is -4.41. The van der Waals surface area contributed by atoms with E-state index < -0.39 is 32.5 Å². The van der Waals surface area contributed by atoms with E-state index >= 15 is 0 Å². The van der Waals surface area contributed by atoms with Gasteiger partial charge < -0.3 is 24.8 Å². The van der Waals surface area contributed by atoms with E-state index in [4.69, 9.17) is 29.0 Å². The summed E-state index contributed by atoms with van der Waals surface area (Å²) in [6.45, 7) is 3.43. The van der Waals surface area contributed by atoms with Gasteiger partial charge in [0.1, 0.15) is 6.61 Å². The first-order valence-electron chi connectivity index (χ1n) is 20.2. The first-order chi connectivity index (χ1) is 26.3. The number of nitrogens with two attached hydrogens (primary N) is 1. The van der Waals surface area contributed by atoms with E-state index in [1.54, 1.807) is 0 Å². The Balaban J connectivity index is 2.28. The monoisotopic (exact) mass is 775 g/mol. The van der Waals surface area contributed by atoms with Crippen molar-refractivity contribution >= 4 is 19.8 Å². The third kappa shape index (κ3) is 31.5. The number of carbonyl (C=O) groups excluding carboxylic acids is 2. The maximum atomic E-state index is 12.5. The predicted molar refractivity (Wildman–Crippen MR) is 219 cm³/mol. The summed E-state index contributed by atoms with van der Waals surface area (Å²) in [5.41, 5.74) is 5.33. The number of epoxide rings is 1. The Morgan fingerprint density at radius 1 is 0.685 bits per heavy atom. The molecular formula is C43H70NO9P. The minimum absolute atomic E-state index is 0.0323. The molecule has 3 unspecified atom stereocenters. The lowest BCUT2D eigenvalue weighted by atomic mass is 10.1. The molecule has 1 aliphatic heterocycles. The van der Waals surface area contributed by atoms with Gasteiger partial charge in [-0.1, -0.05) is 118 Å². The molecule has 0 aliphatic carbocycles. The highest BCUT2D eigenvalue weighted by Gasteiger charge is 2.36. The SMILES string of the molecule is CC/C=C\C/C=C\C/C=C\C/C=C\CCCCC(=O)OC[C@H](COP(=O)(O)OCCN)OC(=O)CCC/C=C\C/C=C\C/C=C\CC1OC1CCCCC. The van der Waals surface area contributed by atoms with Crippen LogP contribution in [0.3, 0.4) is 0 Å². The third-order valence-corrected chi connectivity index (χ3v) is 9.17. The van der Waals surface area contributed by atoms with E-state index in [0.717, 1.165) is 57.8 Å². The van der Waals surface area contributed by atoms with E-state index in [1.165, 1.54) is 25.7 Å². The zero-order chi connectivity index (χ0) is 39.4. The van der Waals surface area contributed by atoms with Crippen LogP contribution in [0.15, 0.2) is 85.1 Å². The molecule has 0 aromatic carbocycles. The number of esters is 2. The second kappa shape index (κ2) is 34.6. The van der Waals surface area contributed by atoms with E-state index in [9.17, 15) is 19.0 Å². The summed E-state index contributed by atoms with van der Waals surface area (Å²) < 4.78 is 38.3. The van der Waals surface area contributed by atoms with Gasteiger partial charge >= 0.3 is 19.8 Å². The minimum atomic E-state index is -4.41. The van der Waals surface area contributed by atoms with Crippen molar-refractivity contribution in [2.45, 2.75) is 148 Å². The fraction of sp³-hybridized carbons (Fsp3) is 0.628. The lowest BCUT2D eigenvalue weighted by molar-refractivity contribution is -0.161. The topological polar surface area (TPSA) is 147 Å². The highest BCUT2D eigenvalue weighted by Crippen LogP contribution is 2.43. The lowest BCUT2D eigenvalue weighted by Gasteiger charge is -2.19. The van der Waals surface area contributed by atoms with Crippen LogP contribution in [0.4, 0.5) is 0 Å². The number of hydrogen-bond acceptors (Lipinski definition) is 9. The molecule has 0 spiro atoms. The molecule has 0 radical (unpaired) electrons. The Morgan fingerprint density at radius 2 is 1.26 bits per heavy atom. The van der Waals surface area contributed by atoms with Crippen LogP contribution >= 0.6 is 7.82 Å². The number of carbonyl (C=O) groups is 2. The van der Waals surface area contributed by atoms with Crippen LogP contribution in [0.5, 0.6) is 0 Å². The van der Waals surface area contributed by atoms with Crippen LogP contribution in [-0.4, -0.2) is 61.5 Å². The Labute approximate surface area is 326 Å². The third-order valence-electron chi connectivity index (χ3n) is 8.19. The molecule has 0 saturated carbocycles. The second-order valence-corrected chi connectivity index (χ2v) is 14.6. The number of allylic oxidation sites excluding steroid dienone is 13. The van der Waals surface area contributed by atoms with Crippen LogP contribution < -0.4 is 5.73 Å². The van der Waals surface area contributed by atoms with Gasteiger partial charge in [0.05, 0.1) is 25.4 Å². The number of phosphoric ester groups is 1. The summed E-state index contributed by atoms with van der Waals surface area (Å²) in [6.07, 6.45) is 45.2. The van der Waals surface area contributed by atoms with Gasteiger partial charge in [0.15, 0.2) is 6.10 Å². The first kappa shape index (κ1) is 49.2. The van der Waals surface area contributed by atoms with Crippen molar-refractivity contribution in [3.8, 4) is 0 Å². The molecule has 0 bridgehead atoms. The molecule has 306 valence electrons. The molecule has 0 aromatic heterocycles. The van der Waals surface area contributed by atoms with Gasteiger partial charge in [-0.25, -0.2) is 4.57 Å². The summed E-state index contributed by atoms with van der Waals surface area (Å²) in [5.74, 6) is -0.959. The molecule has 54 heavy (non-hydrogen) atoms. The van der Waals surface area contributed by atoms with Crippen molar-refractivity contribution in [3.63, 3.8) is 0 Å². The number of ether oxygens (including phenoxy) is 3. The van der Waals surface area contributed by atoms with E-state index in [-0.39, 0.29) is 32.6 Å². The van der Waals surface area contributed by atoms with Gasteiger partial charge in [-0.05, 0) is 83.5 Å². The van der Waals surface area contributed by atoms with E-state index in [0.29, 0.717) is 31.5 Å². The molecule has 1 aliphatic rings. The normalized spacial score (nSPS) is 18.0. The van der Waals surface area contributed by atoms with E-state index in [1.807, 2.05) is 6.08 Å². The maximum Gasteiger partial charge on any atom is 0.472 e. The standard InChI is InChI=1S/C43H70NO9P/c1-3-5-7-8-9-10-11-12-13-14-15-19-22-25-29-33-42(45)49-37-39(38-51-54(47,48)50-36-35-44)52-43(46)34-30-26-23-20-17-16-18-21-24-28-32-41-40(53-41)31-27-6-4-2/h5,7,9-10,12-13,15-16,18-20,23-24,28,39-41H,3-4,6,8,11,14,17,21-22,25-27,29-38,44H2,1-2H3,(H,47,48)/b7-5-,10-9-,13-12-,18-16-,19-15-,23-20-,28-24-/t39-,40?,41?/m1/s1. The molecule has 1 fully saturated rings. The molecule has 1 saturated heterocycles. The number of hydrogen-bond donors (Lipinski definition) is 2. The Morgan fingerprint density at radius 3 is 1.87 bits per heavy atom. The van der Waals surface area contributed by atoms with Crippen LogP contribution in [0.2, 0.25) is 0 Å². The summed E-state index contributed by atoms with van der Waals surface area (Å²) >= 11 is 0. The van der Waals surface area contributed by atoms with Crippen molar-refractivity contribution in [3.05, 3.63) is 85.1 Å². The molecule has 0 aromatic rings. The Hall–Kier alpha value is -2.85.